The fraction of sp³-hybridized carbons (Fsp3) is 0.167. The molecule has 5 aromatic rings. The third kappa shape index (κ3) is 4.13. The lowest BCUT2D eigenvalue weighted by molar-refractivity contribution is 0.597. The van der Waals surface area contributed by atoms with Crippen molar-refractivity contribution in [3.05, 3.63) is 127 Å². The van der Waals surface area contributed by atoms with Gasteiger partial charge in [-0.3, -0.25) is 19.3 Å². The summed E-state index contributed by atoms with van der Waals surface area (Å²) in [5.74, 6) is 0.147. The van der Waals surface area contributed by atoms with Crippen molar-refractivity contribution in [2.75, 3.05) is 0 Å². The summed E-state index contributed by atoms with van der Waals surface area (Å²) < 4.78 is 5.27. The predicted octanol–water partition coefficient (Wildman–Crippen LogP) is 5.85. The van der Waals surface area contributed by atoms with Gasteiger partial charge in [0, 0.05) is 35.5 Å². The molecule has 37 heavy (non-hydrogen) atoms. The van der Waals surface area contributed by atoms with Gasteiger partial charge < -0.3 is 4.57 Å². The zero-order chi connectivity index (χ0) is 25.5. The summed E-state index contributed by atoms with van der Waals surface area (Å²) >= 11 is 6.09. The van der Waals surface area contributed by atoms with Crippen molar-refractivity contribution >= 4 is 34.4 Å². The Morgan fingerprint density at radius 3 is 2.43 bits per heavy atom. The van der Waals surface area contributed by atoms with Crippen LogP contribution in [0, 0.1) is 6.92 Å². The fourth-order valence-corrected chi connectivity index (χ4v) is 5.36. The summed E-state index contributed by atoms with van der Waals surface area (Å²) in [4.78, 5) is 31.8. The number of aromatic nitrogens is 3. The van der Waals surface area contributed by atoms with Gasteiger partial charge in [-0.25, -0.2) is 4.68 Å². The minimum Gasteiger partial charge on any atom is -0.312 e. The molecule has 0 bridgehead atoms. The molecule has 0 fully saturated rings. The van der Waals surface area contributed by atoms with Crippen LogP contribution < -0.4 is 11.1 Å². The number of pyridine rings is 1. The van der Waals surface area contributed by atoms with Crippen molar-refractivity contribution in [2.24, 2.45) is 4.99 Å². The van der Waals surface area contributed by atoms with Gasteiger partial charge in [-0.05, 0) is 54.8 Å². The summed E-state index contributed by atoms with van der Waals surface area (Å²) in [7, 11) is 0. The van der Waals surface area contributed by atoms with Gasteiger partial charge in [0.05, 0.1) is 28.8 Å². The molecule has 6 rings (SSSR count). The Kier molecular flexibility index (Phi) is 5.89. The Bertz CT molecular complexity index is 1760. The topological polar surface area (TPSA) is 61.3 Å². The molecule has 1 aliphatic rings. The van der Waals surface area contributed by atoms with Crippen molar-refractivity contribution in [3.63, 3.8) is 0 Å². The summed E-state index contributed by atoms with van der Waals surface area (Å²) in [6.45, 7) is 2.78. The second-order valence-corrected chi connectivity index (χ2v) is 9.79. The molecule has 0 saturated carbocycles. The molecule has 0 amide bonds. The number of aryl methyl sites for hydroxylation is 1. The Morgan fingerprint density at radius 2 is 1.65 bits per heavy atom. The van der Waals surface area contributed by atoms with E-state index in [1.807, 2.05) is 90.6 Å². The van der Waals surface area contributed by atoms with Gasteiger partial charge in [0.15, 0.2) is 0 Å². The molecule has 2 aromatic heterocycles. The van der Waals surface area contributed by atoms with Crippen LogP contribution in [0.25, 0.3) is 16.6 Å². The molecule has 3 aromatic carbocycles. The SMILES string of the molecule is Cc1c2c(=O)n(-c3ccccc3)n(Cc3ccc(Cl)cc3)c2cc(=O)n1CC[C@H]1C=Nc2ccccc21. The van der Waals surface area contributed by atoms with Crippen molar-refractivity contribution in [1.82, 2.24) is 13.9 Å². The van der Waals surface area contributed by atoms with Gasteiger partial charge in [0.1, 0.15) is 0 Å². The molecule has 1 aliphatic heterocycles. The highest BCUT2D eigenvalue weighted by Crippen LogP contribution is 2.34. The lowest BCUT2D eigenvalue weighted by Gasteiger charge is -2.15. The Balaban J connectivity index is 1.46. The first-order valence-corrected chi connectivity index (χ1v) is 12.7. The van der Waals surface area contributed by atoms with Crippen molar-refractivity contribution in [2.45, 2.75) is 32.4 Å². The van der Waals surface area contributed by atoms with Crippen molar-refractivity contribution < 1.29 is 0 Å². The maximum Gasteiger partial charge on any atom is 0.281 e. The smallest absolute Gasteiger partial charge is 0.281 e. The highest BCUT2D eigenvalue weighted by atomic mass is 35.5. The first kappa shape index (κ1) is 23.3. The number of nitrogens with zero attached hydrogens (tertiary/aromatic N) is 4. The van der Waals surface area contributed by atoms with Gasteiger partial charge in [-0.1, -0.05) is 60.1 Å². The zero-order valence-electron chi connectivity index (χ0n) is 20.3. The molecule has 6 nitrogen and oxygen atoms in total. The first-order valence-electron chi connectivity index (χ1n) is 12.3. The van der Waals surface area contributed by atoms with Gasteiger partial charge in [0.25, 0.3) is 11.1 Å². The molecule has 0 N–H and O–H groups in total. The van der Waals surface area contributed by atoms with E-state index in [1.54, 1.807) is 15.3 Å². The van der Waals surface area contributed by atoms with E-state index in [0.29, 0.717) is 34.7 Å². The third-order valence-electron chi connectivity index (χ3n) is 7.11. The lowest BCUT2D eigenvalue weighted by atomic mass is 9.98. The van der Waals surface area contributed by atoms with Crippen LogP contribution in [0.5, 0.6) is 0 Å². The molecule has 0 unspecified atom stereocenters. The summed E-state index contributed by atoms with van der Waals surface area (Å²) in [5, 5.41) is 1.20. The lowest BCUT2D eigenvalue weighted by Crippen LogP contribution is -2.24. The largest absolute Gasteiger partial charge is 0.312 e. The molecule has 0 saturated heterocycles. The minimum absolute atomic E-state index is 0.122. The van der Waals surface area contributed by atoms with Crippen LogP contribution in [0.2, 0.25) is 5.02 Å². The number of hydrogen-bond donors (Lipinski definition) is 0. The molecule has 0 radical (unpaired) electrons. The van der Waals surface area contributed by atoms with E-state index in [4.69, 9.17) is 11.6 Å². The van der Waals surface area contributed by atoms with E-state index in [-0.39, 0.29) is 17.0 Å². The quantitative estimate of drug-likeness (QED) is 0.288. The summed E-state index contributed by atoms with van der Waals surface area (Å²) in [5.41, 5.74) is 4.91. The van der Waals surface area contributed by atoms with Crippen molar-refractivity contribution in [1.29, 1.82) is 0 Å². The van der Waals surface area contributed by atoms with E-state index < -0.39 is 0 Å². The van der Waals surface area contributed by atoms with Crippen LogP contribution in [0.4, 0.5) is 5.69 Å². The second-order valence-electron chi connectivity index (χ2n) is 9.35. The zero-order valence-corrected chi connectivity index (χ0v) is 21.1. The van der Waals surface area contributed by atoms with Crippen LogP contribution in [-0.4, -0.2) is 20.1 Å². The number of halogens is 1. The van der Waals surface area contributed by atoms with Crippen LogP contribution in [0.3, 0.4) is 0 Å². The van der Waals surface area contributed by atoms with Gasteiger partial charge >= 0.3 is 0 Å². The van der Waals surface area contributed by atoms with E-state index >= 15 is 0 Å². The first-order chi connectivity index (χ1) is 18.0. The molecular weight excluding hydrogens is 484 g/mol. The minimum atomic E-state index is -0.144. The highest BCUT2D eigenvalue weighted by Gasteiger charge is 2.22. The number of hydrogen-bond acceptors (Lipinski definition) is 3. The van der Waals surface area contributed by atoms with Gasteiger partial charge in [-0.15, -0.1) is 0 Å². The van der Waals surface area contributed by atoms with Gasteiger partial charge in [0.2, 0.25) is 0 Å². The van der Waals surface area contributed by atoms with E-state index in [0.717, 1.165) is 23.4 Å². The summed E-state index contributed by atoms with van der Waals surface area (Å²) in [6, 6.07) is 26.7. The molecule has 1 atom stereocenters. The van der Waals surface area contributed by atoms with E-state index in [2.05, 4.69) is 11.1 Å². The number of rotatable bonds is 6. The molecule has 7 heteroatoms. The maximum atomic E-state index is 13.9. The Hall–Kier alpha value is -4.16. The fourth-order valence-electron chi connectivity index (χ4n) is 5.23. The standard InChI is InChI=1S/C30H25ClN4O2/c1-20-29-27(17-28(36)33(20)16-15-22-18-32-26-10-6-5-9-25(22)26)34(19-21-11-13-23(31)14-12-21)35(30(29)37)24-7-3-2-4-8-24/h2-14,17-18,22H,15-16,19H2,1H3/t22-/m0/s1. The number of fused-ring (bicyclic) bond motifs is 2. The van der Waals surface area contributed by atoms with Crippen LogP contribution >= 0.6 is 11.6 Å². The third-order valence-corrected chi connectivity index (χ3v) is 7.37. The average Bonchev–Trinajstić information content (AvgIpc) is 3.44. The normalized spacial score (nSPS) is 14.4. The number of aliphatic imine (C=N–C) groups is 1. The molecule has 0 spiro atoms. The predicted molar refractivity (Wildman–Crippen MR) is 149 cm³/mol. The molecular formula is C30H25ClN4O2. The number of para-hydroxylation sites is 2. The second kappa shape index (κ2) is 9.37. The monoisotopic (exact) mass is 508 g/mol. The van der Waals surface area contributed by atoms with E-state index in [9.17, 15) is 9.59 Å². The molecule has 3 heterocycles. The summed E-state index contributed by atoms with van der Waals surface area (Å²) in [6.07, 6.45) is 2.68. The van der Waals surface area contributed by atoms with Crippen LogP contribution in [0.1, 0.15) is 29.2 Å². The number of benzene rings is 3. The van der Waals surface area contributed by atoms with Crippen molar-refractivity contribution in [3.8, 4) is 5.69 Å². The van der Waals surface area contributed by atoms with Gasteiger partial charge in [-0.2, -0.15) is 0 Å². The Labute approximate surface area is 218 Å². The van der Waals surface area contributed by atoms with E-state index in [1.165, 1.54) is 5.56 Å². The maximum absolute atomic E-state index is 13.9. The molecule has 0 aliphatic carbocycles. The van der Waals surface area contributed by atoms with Crippen LogP contribution in [0.15, 0.2) is 99.5 Å². The average molecular weight is 509 g/mol. The van der Waals surface area contributed by atoms with Crippen LogP contribution in [-0.2, 0) is 13.1 Å². The Morgan fingerprint density at radius 1 is 0.919 bits per heavy atom. The highest BCUT2D eigenvalue weighted by molar-refractivity contribution is 6.30. The molecule has 184 valence electrons.